The lowest BCUT2D eigenvalue weighted by atomic mass is 10.1. The SMILES string of the molecule is O=C1/C(=C\c2cc([N+](=O)[O-])c(Cl)cc2Cl)SC(=S)N1c1cccc(F)c1. The third-order valence-corrected chi connectivity index (χ3v) is 5.34. The quantitative estimate of drug-likeness (QED) is 0.281. The number of thioether (sulfide) groups is 1. The van der Waals surface area contributed by atoms with Crippen LogP contribution in [0.2, 0.25) is 10.0 Å². The molecule has 26 heavy (non-hydrogen) atoms. The van der Waals surface area contributed by atoms with E-state index in [1.165, 1.54) is 41.3 Å². The summed E-state index contributed by atoms with van der Waals surface area (Å²) in [5.74, 6) is -0.976. The molecule has 1 heterocycles. The molecule has 1 amide bonds. The summed E-state index contributed by atoms with van der Waals surface area (Å²) in [7, 11) is 0. The van der Waals surface area contributed by atoms with E-state index in [4.69, 9.17) is 35.4 Å². The molecule has 2 aromatic carbocycles. The molecule has 0 N–H and O–H groups in total. The Bertz CT molecular complexity index is 997. The summed E-state index contributed by atoms with van der Waals surface area (Å²) >= 11 is 18.1. The summed E-state index contributed by atoms with van der Waals surface area (Å²) in [6, 6.07) is 7.88. The number of nitro benzene ring substituents is 1. The third kappa shape index (κ3) is 3.59. The van der Waals surface area contributed by atoms with Crippen LogP contribution in [0.15, 0.2) is 41.3 Å². The molecule has 10 heteroatoms. The average Bonchev–Trinajstić information content (AvgIpc) is 2.83. The predicted octanol–water partition coefficient (Wildman–Crippen LogP) is 5.45. The molecule has 0 radical (unpaired) electrons. The monoisotopic (exact) mass is 428 g/mol. The number of rotatable bonds is 3. The minimum Gasteiger partial charge on any atom is -0.268 e. The molecule has 1 aliphatic rings. The van der Waals surface area contributed by atoms with Crippen molar-refractivity contribution in [3.63, 3.8) is 0 Å². The number of carbonyl (C=O) groups excluding carboxylic acids is 1. The number of anilines is 1. The van der Waals surface area contributed by atoms with Gasteiger partial charge in [0.2, 0.25) is 0 Å². The standard InChI is InChI=1S/C16H7Cl2FN2O3S2/c17-11-7-12(18)13(21(23)24)4-8(11)5-14-15(22)20(16(25)26-14)10-3-1-2-9(19)6-10/h1-7H/b14-5+. The number of benzene rings is 2. The first-order valence-corrected chi connectivity index (χ1v) is 8.93. The van der Waals surface area contributed by atoms with Gasteiger partial charge in [0.05, 0.1) is 15.5 Å². The van der Waals surface area contributed by atoms with Gasteiger partial charge in [-0.3, -0.25) is 19.8 Å². The van der Waals surface area contributed by atoms with Crippen molar-refractivity contribution in [2.45, 2.75) is 0 Å². The van der Waals surface area contributed by atoms with Gasteiger partial charge in [-0.25, -0.2) is 4.39 Å². The van der Waals surface area contributed by atoms with Gasteiger partial charge < -0.3 is 0 Å². The number of nitro groups is 1. The lowest BCUT2D eigenvalue weighted by Gasteiger charge is -2.14. The summed E-state index contributed by atoms with van der Waals surface area (Å²) in [5, 5.41) is 11.1. The Hall–Kier alpha value is -2.00. The van der Waals surface area contributed by atoms with Gasteiger partial charge in [-0.1, -0.05) is 53.2 Å². The zero-order chi connectivity index (χ0) is 19.0. The van der Waals surface area contributed by atoms with Crippen LogP contribution >= 0.6 is 47.2 Å². The van der Waals surface area contributed by atoms with E-state index in [1.54, 1.807) is 6.07 Å². The second kappa shape index (κ2) is 7.32. The molecule has 132 valence electrons. The number of thiocarbonyl (C=S) groups is 1. The predicted molar refractivity (Wildman–Crippen MR) is 105 cm³/mol. The van der Waals surface area contributed by atoms with Gasteiger partial charge in [0.25, 0.3) is 11.6 Å². The maximum Gasteiger partial charge on any atom is 0.288 e. The van der Waals surface area contributed by atoms with E-state index >= 15 is 0 Å². The summed E-state index contributed by atoms with van der Waals surface area (Å²) in [6.45, 7) is 0. The van der Waals surface area contributed by atoms with Gasteiger partial charge in [-0.2, -0.15) is 0 Å². The average molecular weight is 429 g/mol. The summed E-state index contributed by atoms with van der Waals surface area (Å²) in [6.07, 6.45) is 1.39. The Morgan fingerprint density at radius 2 is 1.96 bits per heavy atom. The van der Waals surface area contributed by atoms with Crippen molar-refractivity contribution < 1.29 is 14.1 Å². The van der Waals surface area contributed by atoms with Crippen LogP contribution < -0.4 is 4.90 Å². The van der Waals surface area contributed by atoms with E-state index in [-0.39, 0.29) is 30.5 Å². The Morgan fingerprint density at radius 1 is 1.23 bits per heavy atom. The summed E-state index contributed by atoms with van der Waals surface area (Å²) in [5.41, 5.74) is 0.217. The number of amides is 1. The molecule has 0 aliphatic carbocycles. The van der Waals surface area contributed by atoms with E-state index in [0.717, 1.165) is 11.8 Å². The largest absolute Gasteiger partial charge is 0.288 e. The van der Waals surface area contributed by atoms with Crippen molar-refractivity contribution in [3.05, 3.63) is 72.8 Å². The fourth-order valence-corrected chi connectivity index (χ4v) is 4.05. The van der Waals surface area contributed by atoms with Crippen LogP contribution in [-0.2, 0) is 4.79 Å². The van der Waals surface area contributed by atoms with Gasteiger partial charge in [0.15, 0.2) is 4.32 Å². The molecular weight excluding hydrogens is 422 g/mol. The van der Waals surface area contributed by atoms with E-state index in [0.29, 0.717) is 5.69 Å². The van der Waals surface area contributed by atoms with Crippen molar-refractivity contribution >= 4 is 74.9 Å². The molecule has 0 saturated carbocycles. The topological polar surface area (TPSA) is 63.4 Å². The molecule has 1 saturated heterocycles. The molecule has 2 aromatic rings. The molecule has 3 rings (SSSR count). The van der Waals surface area contributed by atoms with Crippen LogP contribution in [0.25, 0.3) is 6.08 Å². The fraction of sp³-hybridized carbons (Fsp3) is 0. The van der Waals surface area contributed by atoms with Crippen molar-refractivity contribution in [1.82, 2.24) is 0 Å². The summed E-state index contributed by atoms with van der Waals surface area (Å²) < 4.78 is 13.6. The number of hydrogen-bond donors (Lipinski definition) is 0. The zero-order valence-electron chi connectivity index (χ0n) is 12.6. The highest BCUT2D eigenvalue weighted by Crippen LogP contribution is 2.38. The van der Waals surface area contributed by atoms with Gasteiger partial charge >= 0.3 is 0 Å². The van der Waals surface area contributed by atoms with Crippen LogP contribution in [0.1, 0.15) is 5.56 Å². The molecule has 0 atom stereocenters. The van der Waals surface area contributed by atoms with Crippen molar-refractivity contribution in [1.29, 1.82) is 0 Å². The summed E-state index contributed by atoms with van der Waals surface area (Å²) in [4.78, 5) is 24.4. The Kier molecular flexibility index (Phi) is 5.29. The smallest absolute Gasteiger partial charge is 0.268 e. The first-order chi connectivity index (χ1) is 12.3. The number of hydrogen-bond acceptors (Lipinski definition) is 5. The zero-order valence-corrected chi connectivity index (χ0v) is 15.8. The van der Waals surface area contributed by atoms with Crippen molar-refractivity contribution in [2.75, 3.05) is 4.90 Å². The molecular formula is C16H7Cl2FN2O3S2. The Labute approximate surface area is 166 Å². The Balaban J connectivity index is 2.01. The van der Waals surface area contributed by atoms with E-state index in [2.05, 4.69) is 0 Å². The molecule has 5 nitrogen and oxygen atoms in total. The highest BCUT2D eigenvalue weighted by Gasteiger charge is 2.33. The van der Waals surface area contributed by atoms with Crippen LogP contribution in [0.5, 0.6) is 0 Å². The second-order valence-electron chi connectivity index (χ2n) is 5.08. The van der Waals surface area contributed by atoms with Crippen LogP contribution in [0, 0.1) is 15.9 Å². The third-order valence-electron chi connectivity index (χ3n) is 3.41. The van der Waals surface area contributed by atoms with Gasteiger partial charge in [-0.15, -0.1) is 0 Å². The Morgan fingerprint density at radius 3 is 2.62 bits per heavy atom. The van der Waals surface area contributed by atoms with Crippen molar-refractivity contribution in [3.8, 4) is 0 Å². The first kappa shape index (κ1) is 18.8. The lowest BCUT2D eigenvalue weighted by molar-refractivity contribution is -0.384. The van der Waals surface area contributed by atoms with Gasteiger partial charge in [0.1, 0.15) is 10.8 Å². The normalized spacial score (nSPS) is 15.8. The molecule has 0 aromatic heterocycles. The van der Waals surface area contributed by atoms with E-state index < -0.39 is 16.6 Å². The fourth-order valence-electron chi connectivity index (χ4n) is 2.25. The molecule has 0 bridgehead atoms. The van der Waals surface area contributed by atoms with Crippen LogP contribution in [0.4, 0.5) is 15.8 Å². The highest BCUT2D eigenvalue weighted by atomic mass is 35.5. The van der Waals surface area contributed by atoms with Crippen molar-refractivity contribution in [2.24, 2.45) is 0 Å². The minimum absolute atomic E-state index is 0.107. The first-order valence-electron chi connectivity index (χ1n) is 6.95. The van der Waals surface area contributed by atoms with Crippen LogP contribution in [-0.4, -0.2) is 15.2 Å². The van der Waals surface area contributed by atoms with Gasteiger partial charge in [0, 0.05) is 16.7 Å². The van der Waals surface area contributed by atoms with Crippen LogP contribution in [0.3, 0.4) is 0 Å². The maximum absolute atomic E-state index is 13.4. The van der Waals surface area contributed by atoms with E-state index in [1.807, 2.05) is 0 Å². The lowest BCUT2D eigenvalue weighted by Crippen LogP contribution is -2.27. The molecule has 1 fully saturated rings. The number of carbonyl (C=O) groups is 1. The minimum atomic E-state index is -0.645. The maximum atomic E-state index is 13.4. The molecule has 0 spiro atoms. The molecule has 1 aliphatic heterocycles. The number of halogens is 3. The van der Waals surface area contributed by atoms with Gasteiger partial charge in [-0.05, 0) is 30.3 Å². The van der Waals surface area contributed by atoms with E-state index in [9.17, 15) is 19.3 Å². The molecule has 0 unspecified atom stereocenters. The second-order valence-corrected chi connectivity index (χ2v) is 7.57. The number of nitrogens with zero attached hydrogens (tertiary/aromatic N) is 2. The highest BCUT2D eigenvalue weighted by molar-refractivity contribution is 8.27.